The number of hydrogen-bond acceptors (Lipinski definition) is 5. The summed E-state index contributed by atoms with van der Waals surface area (Å²) in [7, 11) is 1.55. The summed E-state index contributed by atoms with van der Waals surface area (Å²) in [5.41, 5.74) is 0.981. The van der Waals surface area contributed by atoms with E-state index < -0.39 is 5.91 Å². The van der Waals surface area contributed by atoms with Crippen molar-refractivity contribution in [3.05, 3.63) is 69.1 Å². The molecule has 0 aliphatic carbocycles. The molecule has 0 aliphatic heterocycles. The molecule has 0 atom stereocenters. The summed E-state index contributed by atoms with van der Waals surface area (Å²) in [4.78, 5) is 28.7. The number of benzene rings is 2. The number of hydrogen-bond donors (Lipinski definition) is 2. The molecule has 27 heavy (non-hydrogen) atoms. The number of aromatic nitrogens is 1. The first kappa shape index (κ1) is 19.2. The molecule has 6 nitrogen and oxygen atoms in total. The smallest absolute Gasteiger partial charge is 0.275 e. The zero-order chi connectivity index (χ0) is 19.4. The second kappa shape index (κ2) is 8.39. The van der Waals surface area contributed by atoms with Gasteiger partial charge < -0.3 is 10.1 Å². The summed E-state index contributed by atoms with van der Waals surface area (Å²) in [6, 6.07) is 11.6. The number of methoxy groups -OCH3 is 1. The first-order valence-electron chi connectivity index (χ1n) is 7.64. The standard InChI is InChI=1S/C18H13Cl2N3O3S/c1-26-11-7-5-10(6-8-11)16(24)23-18-22-14(9-27-18)17(25)21-13-4-2-3-12(19)15(13)20/h2-9H,1H3,(H,21,25)(H,22,23,24). The third kappa shape index (κ3) is 4.57. The number of anilines is 2. The SMILES string of the molecule is COc1ccc(C(=O)Nc2nc(C(=O)Nc3cccc(Cl)c3Cl)cs2)cc1. The fraction of sp³-hybridized carbons (Fsp3) is 0.0556. The number of rotatable bonds is 5. The van der Waals surface area contributed by atoms with Crippen LogP contribution in [0, 0.1) is 0 Å². The van der Waals surface area contributed by atoms with Crippen molar-refractivity contribution in [3.63, 3.8) is 0 Å². The predicted molar refractivity (Wildman–Crippen MR) is 107 cm³/mol. The van der Waals surface area contributed by atoms with Crippen LogP contribution in [0.15, 0.2) is 47.8 Å². The monoisotopic (exact) mass is 421 g/mol. The Bertz CT molecular complexity index is 990. The summed E-state index contributed by atoms with van der Waals surface area (Å²) in [5.74, 6) is -0.142. The Labute approximate surface area is 169 Å². The van der Waals surface area contributed by atoms with Gasteiger partial charge in [0.2, 0.25) is 0 Å². The molecule has 2 amide bonds. The fourth-order valence-corrected chi connectivity index (χ4v) is 3.17. The summed E-state index contributed by atoms with van der Waals surface area (Å²) >= 11 is 13.1. The van der Waals surface area contributed by atoms with Gasteiger partial charge in [-0.05, 0) is 36.4 Å². The van der Waals surface area contributed by atoms with Crippen LogP contribution in [0.2, 0.25) is 10.0 Å². The van der Waals surface area contributed by atoms with Crippen LogP contribution in [-0.4, -0.2) is 23.9 Å². The topological polar surface area (TPSA) is 80.3 Å². The van der Waals surface area contributed by atoms with E-state index in [1.54, 1.807) is 49.6 Å². The number of thiazole rings is 1. The van der Waals surface area contributed by atoms with Crippen molar-refractivity contribution >= 4 is 57.2 Å². The number of nitrogens with zero attached hydrogens (tertiary/aromatic N) is 1. The molecule has 2 aromatic carbocycles. The molecule has 138 valence electrons. The van der Waals surface area contributed by atoms with Crippen molar-refractivity contribution < 1.29 is 14.3 Å². The maximum atomic E-state index is 12.3. The minimum Gasteiger partial charge on any atom is -0.497 e. The Kier molecular flexibility index (Phi) is 5.95. The molecular formula is C18H13Cl2N3O3S. The average Bonchev–Trinajstić information content (AvgIpc) is 3.14. The second-order valence-corrected chi connectivity index (χ2v) is 6.92. The molecule has 0 fully saturated rings. The molecule has 0 saturated carbocycles. The van der Waals surface area contributed by atoms with Gasteiger partial charge in [-0.25, -0.2) is 4.98 Å². The lowest BCUT2D eigenvalue weighted by atomic mass is 10.2. The van der Waals surface area contributed by atoms with Crippen molar-refractivity contribution in [1.82, 2.24) is 4.98 Å². The summed E-state index contributed by atoms with van der Waals surface area (Å²) in [5, 5.41) is 7.72. The van der Waals surface area contributed by atoms with Crippen molar-refractivity contribution in [2.24, 2.45) is 0 Å². The quantitative estimate of drug-likeness (QED) is 0.609. The molecule has 0 aliphatic rings. The van der Waals surface area contributed by atoms with Crippen LogP contribution in [0.25, 0.3) is 0 Å². The van der Waals surface area contributed by atoms with Crippen LogP contribution in [0.3, 0.4) is 0 Å². The van der Waals surface area contributed by atoms with Crippen LogP contribution in [-0.2, 0) is 0 Å². The number of carbonyl (C=O) groups is 2. The highest BCUT2D eigenvalue weighted by molar-refractivity contribution is 7.14. The maximum absolute atomic E-state index is 12.3. The van der Waals surface area contributed by atoms with E-state index >= 15 is 0 Å². The minimum atomic E-state index is -0.458. The molecule has 0 unspecified atom stereocenters. The van der Waals surface area contributed by atoms with Gasteiger partial charge in [0.1, 0.15) is 11.4 Å². The van der Waals surface area contributed by atoms with Gasteiger partial charge in [0.15, 0.2) is 5.13 Å². The summed E-state index contributed by atoms with van der Waals surface area (Å²) < 4.78 is 5.06. The number of carbonyl (C=O) groups excluding carboxylic acids is 2. The van der Waals surface area contributed by atoms with Crippen molar-refractivity contribution in [3.8, 4) is 5.75 Å². The van der Waals surface area contributed by atoms with E-state index in [-0.39, 0.29) is 16.6 Å². The van der Waals surface area contributed by atoms with E-state index in [1.807, 2.05) is 0 Å². The largest absolute Gasteiger partial charge is 0.497 e. The molecule has 1 heterocycles. The molecule has 0 saturated heterocycles. The van der Waals surface area contributed by atoms with Crippen molar-refractivity contribution in [1.29, 1.82) is 0 Å². The van der Waals surface area contributed by atoms with Crippen LogP contribution >= 0.6 is 34.5 Å². The van der Waals surface area contributed by atoms with Gasteiger partial charge in [-0.15, -0.1) is 11.3 Å². The Hall–Kier alpha value is -2.61. The third-order valence-electron chi connectivity index (χ3n) is 3.51. The van der Waals surface area contributed by atoms with Gasteiger partial charge in [-0.2, -0.15) is 0 Å². The zero-order valence-corrected chi connectivity index (χ0v) is 16.3. The molecular weight excluding hydrogens is 409 g/mol. The van der Waals surface area contributed by atoms with Gasteiger partial charge in [0.05, 0.1) is 22.8 Å². The molecule has 3 rings (SSSR count). The molecule has 9 heteroatoms. The van der Waals surface area contributed by atoms with Crippen molar-refractivity contribution in [2.75, 3.05) is 17.7 Å². The molecule has 0 spiro atoms. The number of amides is 2. The zero-order valence-electron chi connectivity index (χ0n) is 14.0. The van der Waals surface area contributed by atoms with Gasteiger partial charge >= 0.3 is 0 Å². The first-order chi connectivity index (χ1) is 13.0. The Morgan fingerprint density at radius 2 is 1.78 bits per heavy atom. The first-order valence-corrected chi connectivity index (χ1v) is 9.28. The van der Waals surface area contributed by atoms with Crippen LogP contribution < -0.4 is 15.4 Å². The Morgan fingerprint density at radius 3 is 2.48 bits per heavy atom. The van der Waals surface area contributed by atoms with E-state index in [9.17, 15) is 9.59 Å². The molecule has 3 aromatic rings. The van der Waals surface area contributed by atoms with Gasteiger partial charge in [-0.1, -0.05) is 29.3 Å². The van der Waals surface area contributed by atoms with Crippen LogP contribution in [0.1, 0.15) is 20.8 Å². The number of halogens is 2. The van der Waals surface area contributed by atoms with Gasteiger partial charge in [0.25, 0.3) is 11.8 Å². The second-order valence-electron chi connectivity index (χ2n) is 5.28. The maximum Gasteiger partial charge on any atom is 0.275 e. The van der Waals surface area contributed by atoms with E-state index in [0.717, 1.165) is 11.3 Å². The molecule has 1 aromatic heterocycles. The van der Waals surface area contributed by atoms with E-state index in [2.05, 4.69) is 15.6 Å². The lowest BCUT2D eigenvalue weighted by Crippen LogP contribution is -2.14. The summed E-state index contributed by atoms with van der Waals surface area (Å²) in [6.07, 6.45) is 0. The molecule has 0 radical (unpaired) electrons. The third-order valence-corrected chi connectivity index (χ3v) is 5.09. The van der Waals surface area contributed by atoms with Crippen LogP contribution in [0.5, 0.6) is 5.75 Å². The molecule has 0 bridgehead atoms. The molecule has 2 N–H and O–H groups in total. The highest BCUT2D eigenvalue weighted by atomic mass is 35.5. The predicted octanol–water partition coefficient (Wildman–Crippen LogP) is 4.96. The summed E-state index contributed by atoms with van der Waals surface area (Å²) in [6.45, 7) is 0. The number of ether oxygens (including phenoxy) is 1. The van der Waals surface area contributed by atoms with Gasteiger partial charge in [0, 0.05) is 10.9 Å². The lowest BCUT2D eigenvalue weighted by Gasteiger charge is -2.06. The highest BCUT2D eigenvalue weighted by Gasteiger charge is 2.15. The van der Waals surface area contributed by atoms with E-state index in [4.69, 9.17) is 27.9 Å². The normalized spacial score (nSPS) is 10.3. The fourth-order valence-electron chi connectivity index (χ4n) is 2.13. The highest BCUT2D eigenvalue weighted by Crippen LogP contribution is 2.30. The lowest BCUT2D eigenvalue weighted by molar-refractivity contribution is 0.101. The number of nitrogens with one attached hydrogen (secondary N) is 2. The van der Waals surface area contributed by atoms with E-state index in [0.29, 0.717) is 27.2 Å². The Morgan fingerprint density at radius 1 is 1.04 bits per heavy atom. The van der Waals surface area contributed by atoms with Gasteiger partial charge in [-0.3, -0.25) is 14.9 Å². The minimum absolute atomic E-state index is 0.154. The van der Waals surface area contributed by atoms with E-state index in [1.165, 1.54) is 5.38 Å². The average molecular weight is 422 g/mol. The Balaban J connectivity index is 1.67. The van der Waals surface area contributed by atoms with Crippen LogP contribution in [0.4, 0.5) is 10.8 Å². The van der Waals surface area contributed by atoms with Crippen molar-refractivity contribution in [2.45, 2.75) is 0 Å².